The number of nitrogens with one attached hydrogen (secondary N) is 1. The van der Waals surface area contributed by atoms with Crippen molar-refractivity contribution in [3.8, 4) is 11.8 Å². The third-order valence-corrected chi connectivity index (χ3v) is 1.25. The van der Waals surface area contributed by atoms with E-state index in [0.717, 1.165) is 0 Å². The van der Waals surface area contributed by atoms with Crippen molar-refractivity contribution in [3.63, 3.8) is 0 Å². The standard InChI is InChI=1S/C10H16ClNO2/c1-10(2,3)14-9(13)12-8-6-4-5-7-11/h5,7-8H2,1-3H3,(H,12,13). The van der Waals surface area contributed by atoms with Gasteiger partial charge in [0, 0.05) is 12.3 Å². The number of rotatable bonds is 2. The second-order valence-electron chi connectivity index (χ2n) is 3.65. The van der Waals surface area contributed by atoms with Crippen molar-refractivity contribution in [2.75, 3.05) is 12.4 Å². The fourth-order valence-electron chi connectivity index (χ4n) is 0.629. The fraction of sp³-hybridized carbons (Fsp3) is 0.700. The van der Waals surface area contributed by atoms with Gasteiger partial charge in [0.1, 0.15) is 5.60 Å². The lowest BCUT2D eigenvalue weighted by atomic mass is 10.2. The Morgan fingerprint density at radius 2 is 2.07 bits per heavy atom. The summed E-state index contributed by atoms with van der Waals surface area (Å²) in [5.41, 5.74) is -0.465. The molecule has 0 rings (SSSR count). The van der Waals surface area contributed by atoms with E-state index in [4.69, 9.17) is 16.3 Å². The quantitative estimate of drug-likeness (QED) is 0.569. The molecule has 0 bridgehead atoms. The van der Waals surface area contributed by atoms with Crippen LogP contribution in [-0.4, -0.2) is 24.1 Å². The van der Waals surface area contributed by atoms with Crippen molar-refractivity contribution in [3.05, 3.63) is 0 Å². The van der Waals surface area contributed by atoms with E-state index in [1.165, 1.54) is 0 Å². The maximum Gasteiger partial charge on any atom is 0.408 e. The van der Waals surface area contributed by atoms with Crippen LogP contribution in [0.3, 0.4) is 0 Å². The van der Waals surface area contributed by atoms with Crippen LogP contribution in [0.25, 0.3) is 0 Å². The van der Waals surface area contributed by atoms with E-state index in [1.807, 2.05) is 20.8 Å². The number of carbonyl (C=O) groups is 1. The molecule has 0 atom stereocenters. The largest absolute Gasteiger partial charge is 0.444 e. The molecular weight excluding hydrogens is 202 g/mol. The molecule has 4 heteroatoms. The van der Waals surface area contributed by atoms with Gasteiger partial charge < -0.3 is 10.1 Å². The van der Waals surface area contributed by atoms with E-state index in [9.17, 15) is 4.79 Å². The van der Waals surface area contributed by atoms with E-state index in [0.29, 0.717) is 18.8 Å². The summed E-state index contributed by atoms with van der Waals surface area (Å²) in [6.07, 6.45) is 0.190. The maximum absolute atomic E-state index is 11.1. The first-order chi connectivity index (χ1) is 6.45. The highest BCUT2D eigenvalue weighted by molar-refractivity contribution is 6.18. The minimum absolute atomic E-state index is 0.297. The molecule has 0 radical (unpaired) electrons. The zero-order chi connectivity index (χ0) is 11.0. The van der Waals surface area contributed by atoms with E-state index >= 15 is 0 Å². The smallest absolute Gasteiger partial charge is 0.408 e. The lowest BCUT2D eigenvalue weighted by molar-refractivity contribution is 0.0535. The third kappa shape index (κ3) is 9.21. The Kier molecular flexibility index (Phi) is 6.14. The van der Waals surface area contributed by atoms with Crippen LogP contribution < -0.4 is 5.32 Å². The second-order valence-corrected chi connectivity index (χ2v) is 4.03. The molecule has 0 spiro atoms. The van der Waals surface area contributed by atoms with Crippen LogP contribution in [0.1, 0.15) is 27.2 Å². The summed E-state index contributed by atoms with van der Waals surface area (Å²) in [7, 11) is 0. The van der Waals surface area contributed by atoms with Gasteiger partial charge in [0.25, 0.3) is 0 Å². The van der Waals surface area contributed by atoms with Gasteiger partial charge in [-0.1, -0.05) is 5.92 Å². The van der Waals surface area contributed by atoms with Gasteiger partial charge in [-0.15, -0.1) is 17.5 Å². The molecule has 14 heavy (non-hydrogen) atoms. The Morgan fingerprint density at radius 3 is 2.57 bits per heavy atom. The molecule has 0 saturated heterocycles. The molecule has 0 aliphatic heterocycles. The van der Waals surface area contributed by atoms with Crippen molar-refractivity contribution in [1.82, 2.24) is 5.32 Å². The van der Waals surface area contributed by atoms with Crippen molar-refractivity contribution >= 4 is 17.7 Å². The van der Waals surface area contributed by atoms with Crippen LogP contribution >= 0.6 is 11.6 Å². The predicted molar refractivity (Wildman–Crippen MR) is 57.3 cm³/mol. The van der Waals surface area contributed by atoms with E-state index in [2.05, 4.69) is 17.2 Å². The Morgan fingerprint density at radius 1 is 1.43 bits per heavy atom. The second kappa shape index (κ2) is 6.56. The van der Waals surface area contributed by atoms with Crippen LogP contribution in [0, 0.1) is 11.8 Å². The lowest BCUT2D eigenvalue weighted by Gasteiger charge is -2.18. The molecule has 0 aromatic heterocycles. The average molecular weight is 218 g/mol. The summed E-state index contributed by atoms with van der Waals surface area (Å²) in [5.74, 6) is 6.07. The molecule has 0 aromatic carbocycles. The summed E-state index contributed by atoms with van der Waals surface area (Å²) in [5, 5.41) is 2.52. The van der Waals surface area contributed by atoms with Gasteiger partial charge in [-0.3, -0.25) is 0 Å². The van der Waals surface area contributed by atoms with Crippen LogP contribution in [0.5, 0.6) is 0 Å². The zero-order valence-corrected chi connectivity index (χ0v) is 9.57. The van der Waals surface area contributed by atoms with E-state index < -0.39 is 11.7 Å². The molecule has 1 amide bonds. The van der Waals surface area contributed by atoms with Gasteiger partial charge in [-0.05, 0) is 20.8 Å². The monoisotopic (exact) mass is 217 g/mol. The van der Waals surface area contributed by atoms with Crippen molar-refractivity contribution in [1.29, 1.82) is 0 Å². The van der Waals surface area contributed by atoms with Gasteiger partial charge in [0.2, 0.25) is 0 Å². The minimum atomic E-state index is -0.465. The van der Waals surface area contributed by atoms with E-state index in [1.54, 1.807) is 0 Å². The molecule has 1 N–H and O–H groups in total. The lowest BCUT2D eigenvalue weighted by Crippen LogP contribution is -2.32. The average Bonchev–Trinajstić information content (AvgIpc) is 2.00. The molecule has 0 aromatic rings. The number of alkyl carbamates (subject to hydrolysis) is 1. The summed E-state index contributed by atoms with van der Waals surface area (Å²) in [4.78, 5) is 11.1. The van der Waals surface area contributed by atoms with Crippen LogP contribution in [0.4, 0.5) is 4.79 Å². The normalized spacial score (nSPS) is 10.0. The zero-order valence-electron chi connectivity index (χ0n) is 8.82. The third-order valence-electron chi connectivity index (χ3n) is 1.06. The van der Waals surface area contributed by atoms with Crippen molar-refractivity contribution in [2.24, 2.45) is 0 Å². The van der Waals surface area contributed by atoms with Gasteiger partial charge >= 0.3 is 6.09 Å². The molecule has 0 saturated carbocycles. The first-order valence-electron chi connectivity index (χ1n) is 4.44. The molecule has 0 fully saturated rings. The Labute approximate surface area is 90.2 Å². The van der Waals surface area contributed by atoms with Gasteiger partial charge in [0.05, 0.1) is 6.54 Å². The first-order valence-corrected chi connectivity index (χ1v) is 4.97. The molecule has 3 nitrogen and oxygen atoms in total. The highest BCUT2D eigenvalue weighted by atomic mass is 35.5. The number of amides is 1. The van der Waals surface area contributed by atoms with E-state index in [-0.39, 0.29) is 0 Å². The molecule has 0 heterocycles. The Bertz CT molecular complexity index is 235. The summed E-state index contributed by atoms with van der Waals surface area (Å²) < 4.78 is 5.00. The summed E-state index contributed by atoms with van der Waals surface area (Å²) in [6.45, 7) is 5.73. The highest BCUT2D eigenvalue weighted by Crippen LogP contribution is 2.05. The minimum Gasteiger partial charge on any atom is -0.444 e. The Hall–Kier alpha value is -0.880. The number of ether oxygens (including phenoxy) is 1. The van der Waals surface area contributed by atoms with Crippen LogP contribution in [0.2, 0.25) is 0 Å². The van der Waals surface area contributed by atoms with Gasteiger partial charge in [-0.25, -0.2) is 4.79 Å². The molecule has 0 aliphatic carbocycles. The molecule has 0 unspecified atom stereocenters. The fourth-order valence-corrected chi connectivity index (χ4v) is 0.723. The molecule has 0 aliphatic rings. The number of hydrogen-bond donors (Lipinski definition) is 1. The summed E-state index contributed by atoms with van der Waals surface area (Å²) >= 11 is 5.42. The van der Waals surface area contributed by atoms with Crippen molar-refractivity contribution < 1.29 is 9.53 Å². The maximum atomic E-state index is 11.1. The number of hydrogen-bond acceptors (Lipinski definition) is 2. The topological polar surface area (TPSA) is 38.3 Å². The van der Waals surface area contributed by atoms with Gasteiger partial charge in [0.15, 0.2) is 0 Å². The Balaban J connectivity index is 3.62. The SMILES string of the molecule is CC(C)(C)OC(=O)NCC#CCCCl. The first kappa shape index (κ1) is 13.1. The van der Waals surface area contributed by atoms with Crippen molar-refractivity contribution in [2.45, 2.75) is 32.8 Å². The number of halogens is 1. The van der Waals surface area contributed by atoms with Gasteiger partial charge in [-0.2, -0.15) is 0 Å². The number of alkyl halides is 1. The predicted octanol–water partition coefficient (Wildman–Crippen LogP) is 2.14. The number of carbonyl (C=O) groups excluding carboxylic acids is 1. The molecular formula is C10H16ClNO2. The van der Waals surface area contributed by atoms with Crippen LogP contribution in [0.15, 0.2) is 0 Å². The highest BCUT2D eigenvalue weighted by Gasteiger charge is 2.14. The summed E-state index contributed by atoms with van der Waals surface area (Å²) in [6, 6.07) is 0. The van der Waals surface area contributed by atoms with Crippen LogP contribution in [-0.2, 0) is 4.74 Å². The molecule has 80 valence electrons.